The van der Waals surface area contributed by atoms with E-state index in [9.17, 15) is 4.79 Å². The van der Waals surface area contributed by atoms with Crippen LogP contribution in [0.3, 0.4) is 0 Å². The average molecular weight is 408 g/mol. The lowest BCUT2D eigenvalue weighted by Crippen LogP contribution is -2.38. The van der Waals surface area contributed by atoms with E-state index in [1.807, 2.05) is 35.2 Å². The quantitative estimate of drug-likeness (QED) is 0.667. The number of fused-ring (bicyclic) bond motifs is 1. The number of carbonyl (C=O) groups excluding carboxylic acids is 1. The first kappa shape index (κ1) is 19.4. The average Bonchev–Trinajstić information content (AvgIpc) is 3.17. The Balaban J connectivity index is 1.51. The molecule has 2 heterocycles. The van der Waals surface area contributed by atoms with Crippen LogP contribution in [-0.2, 0) is 6.42 Å². The maximum atomic E-state index is 13.1. The molecule has 29 heavy (non-hydrogen) atoms. The molecule has 0 spiro atoms. The lowest BCUT2D eigenvalue weighted by Gasteiger charge is -2.32. The van der Waals surface area contributed by atoms with Gasteiger partial charge in [0.05, 0.1) is 25.1 Å². The highest BCUT2D eigenvalue weighted by Crippen LogP contribution is 2.34. The Bertz CT molecular complexity index is 1090. The minimum Gasteiger partial charge on any atom is -0.496 e. The van der Waals surface area contributed by atoms with Crippen molar-refractivity contribution in [3.05, 3.63) is 64.3 Å². The van der Waals surface area contributed by atoms with Crippen molar-refractivity contribution in [3.8, 4) is 11.8 Å². The van der Waals surface area contributed by atoms with Gasteiger partial charge in [-0.15, -0.1) is 0 Å². The number of rotatable bonds is 4. The van der Waals surface area contributed by atoms with Gasteiger partial charge in [-0.3, -0.25) is 4.79 Å². The molecule has 3 aromatic rings. The van der Waals surface area contributed by atoms with Gasteiger partial charge in [-0.2, -0.15) is 5.26 Å². The number of methoxy groups -OCH3 is 1. The van der Waals surface area contributed by atoms with Gasteiger partial charge in [0.25, 0.3) is 5.91 Å². The molecule has 1 saturated heterocycles. The normalized spacial score (nSPS) is 14.7. The van der Waals surface area contributed by atoms with Crippen LogP contribution in [0, 0.1) is 11.3 Å². The van der Waals surface area contributed by atoms with Gasteiger partial charge in [-0.05, 0) is 54.2 Å². The first-order chi connectivity index (χ1) is 14.1. The van der Waals surface area contributed by atoms with Crippen LogP contribution in [-0.4, -0.2) is 36.0 Å². The summed E-state index contributed by atoms with van der Waals surface area (Å²) in [5.41, 5.74) is 3.37. The summed E-state index contributed by atoms with van der Waals surface area (Å²) in [6.45, 7) is 1.39. The molecule has 1 aliphatic rings. The molecule has 5 nitrogen and oxygen atoms in total. The van der Waals surface area contributed by atoms with Crippen LogP contribution in [0.15, 0.2) is 42.5 Å². The monoisotopic (exact) mass is 407 g/mol. The number of amides is 1. The maximum Gasteiger partial charge on any atom is 0.270 e. The number of benzene rings is 2. The predicted octanol–water partition coefficient (Wildman–Crippen LogP) is 4.92. The molecule has 6 heteroatoms. The molecule has 1 N–H and O–H groups in total. The van der Waals surface area contributed by atoms with Gasteiger partial charge in [0.2, 0.25) is 0 Å². The third-order valence-electron chi connectivity index (χ3n) is 5.64. The van der Waals surface area contributed by atoms with Crippen molar-refractivity contribution in [1.82, 2.24) is 9.88 Å². The van der Waals surface area contributed by atoms with E-state index in [0.717, 1.165) is 35.1 Å². The Morgan fingerprint density at radius 2 is 2.03 bits per heavy atom. The van der Waals surface area contributed by atoms with Crippen LogP contribution in [0.1, 0.15) is 40.4 Å². The number of halogens is 1. The fourth-order valence-electron chi connectivity index (χ4n) is 4.19. The number of piperidine rings is 1. The van der Waals surface area contributed by atoms with Gasteiger partial charge in [-0.1, -0.05) is 29.8 Å². The van der Waals surface area contributed by atoms with Crippen molar-refractivity contribution in [3.63, 3.8) is 0 Å². The molecule has 0 radical (unpaired) electrons. The van der Waals surface area contributed by atoms with Gasteiger partial charge in [0.15, 0.2) is 0 Å². The second kappa shape index (κ2) is 8.18. The topological polar surface area (TPSA) is 69.1 Å². The van der Waals surface area contributed by atoms with E-state index < -0.39 is 0 Å². The highest BCUT2D eigenvalue weighted by atomic mass is 35.5. The lowest BCUT2D eigenvalue weighted by molar-refractivity contribution is 0.0707. The molecule has 1 aromatic heterocycles. The number of nitriles is 1. The van der Waals surface area contributed by atoms with E-state index in [1.165, 1.54) is 5.56 Å². The Morgan fingerprint density at radius 1 is 1.28 bits per heavy atom. The number of H-pyrrole nitrogens is 1. The van der Waals surface area contributed by atoms with Crippen molar-refractivity contribution in [2.45, 2.75) is 25.2 Å². The molecule has 0 atom stereocenters. The zero-order chi connectivity index (χ0) is 20.4. The Labute approximate surface area is 174 Å². The van der Waals surface area contributed by atoms with E-state index >= 15 is 0 Å². The van der Waals surface area contributed by atoms with Crippen molar-refractivity contribution < 1.29 is 9.53 Å². The molecule has 1 fully saturated rings. The number of likely N-dealkylation sites (tertiary alicyclic amines) is 1. The molecule has 0 bridgehead atoms. The molecule has 1 amide bonds. The Hall–Kier alpha value is -2.97. The Kier molecular flexibility index (Phi) is 5.46. The first-order valence-electron chi connectivity index (χ1n) is 9.71. The summed E-state index contributed by atoms with van der Waals surface area (Å²) in [7, 11) is 1.69. The van der Waals surface area contributed by atoms with E-state index in [0.29, 0.717) is 29.7 Å². The lowest BCUT2D eigenvalue weighted by atomic mass is 9.88. The van der Waals surface area contributed by atoms with Crippen molar-refractivity contribution in [2.75, 3.05) is 20.2 Å². The molecular weight excluding hydrogens is 386 g/mol. The number of aromatic nitrogens is 1. The van der Waals surface area contributed by atoms with E-state index in [4.69, 9.17) is 21.6 Å². The number of para-hydroxylation sites is 1. The zero-order valence-corrected chi connectivity index (χ0v) is 17.0. The van der Waals surface area contributed by atoms with E-state index in [-0.39, 0.29) is 12.3 Å². The first-order valence-corrected chi connectivity index (χ1v) is 10.1. The van der Waals surface area contributed by atoms with Crippen molar-refractivity contribution >= 4 is 28.4 Å². The summed E-state index contributed by atoms with van der Waals surface area (Å²) in [5, 5.41) is 10.5. The van der Waals surface area contributed by atoms with E-state index in [2.05, 4.69) is 17.1 Å². The molecule has 0 unspecified atom stereocenters. The molecule has 2 aromatic carbocycles. The van der Waals surface area contributed by atoms with Crippen LogP contribution in [0.25, 0.3) is 10.9 Å². The second-order valence-corrected chi connectivity index (χ2v) is 7.79. The summed E-state index contributed by atoms with van der Waals surface area (Å²) in [5.74, 6) is 1.28. The van der Waals surface area contributed by atoms with Crippen LogP contribution in [0.2, 0.25) is 5.02 Å². The molecule has 0 saturated carbocycles. The number of hydrogen-bond donors (Lipinski definition) is 1. The van der Waals surface area contributed by atoms with Crippen LogP contribution < -0.4 is 4.74 Å². The molecule has 148 valence electrons. The van der Waals surface area contributed by atoms with Crippen LogP contribution >= 0.6 is 11.6 Å². The minimum atomic E-state index is -0.0151. The van der Waals surface area contributed by atoms with Gasteiger partial charge in [0.1, 0.15) is 11.4 Å². The summed E-state index contributed by atoms with van der Waals surface area (Å²) < 4.78 is 5.50. The Morgan fingerprint density at radius 3 is 2.76 bits per heavy atom. The van der Waals surface area contributed by atoms with Crippen LogP contribution in [0.5, 0.6) is 5.75 Å². The number of carbonyl (C=O) groups is 1. The number of hydrogen-bond acceptors (Lipinski definition) is 3. The minimum absolute atomic E-state index is 0.0151. The van der Waals surface area contributed by atoms with Gasteiger partial charge in [-0.25, -0.2) is 0 Å². The van der Waals surface area contributed by atoms with Crippen molar-refractivity contribution in [1.29, 1.82) is 5.26 Å². The van der Waals surface area contributed by atoms with Crippen molar-refractivity contribution in [2.24, 2.45) is 0 Å². The molecular formula is C23H22ClN3O2. The summed E-state index contributed by atoms with van der Waals surface area (Å²) >= 11 is 6.17. The highest BCUT2D eigenvalue weighted by Gasteiger charge is 2.27. The van der Waals surface area contributed by atoms with Crippen LogP contribution in [0.4, 0.5) is 0 Å². The fraction of sp³-hybridized carbons (Fsp3) is 0.304. The summed E-state index contributed by atoms with van der Waals surface area (Å²) in [4.78, 5) is 18.2. The van der Waals surface area contributed by atoms with Gasteiger partial charge >= 0.3 is 0 Å². The number of nitrogens with one attached hydrogen (secondary N) is 1. The molecule has 4 rings (SSSR count). The number of ether oxygens (including phenoxy) is 1. The second-order valence-electron chi connectivity index (χ2n) is 7.36. The standard InChI is InChI=1S/C23H22ClN3O2/c1-29-21-5-3-2-4-19(21)15-7-10-27(11-8-15)23(28)20-14-17-13-18(24)12-16(6-9-25)22(17)26-20/h2-5,12-15,26H,6-8,10-11H2,1H3. The largest absolute Gasteiger partial charge is 0.496 e. The third kappa shape index (κ3) is 3.81. The van der Waals surface area contributed by atoms with Gasteiger partial charge < -0.3 is 14.6 Å². The molecule has 0 aliphatic carbocycles. The molecule has 1 aliphatic heterocycles. The third-order valence-corrected chi connectivity index (χ3v) is 5.85. The zero-order valence-electron chi connectivity index (χ0n) is 16.2. The summed E-state index contributed by atoms with van der Waals surface area (Å²) in [6, 6.07) is 15.7. The number of aromatic amines is 1. The fourth-order valence-corrected chi connectivity index (χ4v) is 4.44. The maximum absolute atomic E-state index is 13.1. The smallest absolute Gasteiger partial charge is 0.270 e. The summed E-state index contributed by atoms with van der Waals surface area (Å²) in [6.07, 6.45) is 2.05. The van der Waals surface area contributed by atoms with Gasteiger partial charge in [0, 0.05) is 23.5 Å². The highest BCUT2D eigenvalue weighted by molar-refractivity contribution is 6.31. The van der Waals surface area contributed by atoms with E-state index in [1.54, 1.807) is 13.2 Å². The SMILES string of the molecule is COc1ccccc1C1CCN(C(=O)c2cc3cc(Cl)cc(CC#N)c3[nH]2)CC1. The number of nitrogens with zero attached hydrogens (tertiary/aromatic N) is 2. The predicted molar refractivity (Wildman–Crippen MR) is 113 cm³/mol.